The Bertz CT molecular complexity index is 786. The predicted octanol–water partition coefficient (Wildman–Crippen LogP) is 1.90. The molecule has 1 N–H and O–H groups in total. The Morgan fingerprint density at radius 2 is 2.00 bits per heavy atom. The number of ether oxygens (including phenoxy) is 1. The average molecular weight is 383 g/mol. The molecular formula is C16H16F3N5O3. The minimum atomic E-state index is -4.50. The van der Waals surface area contributed by atoms with E-state index in [0.29, 0.717) is 5.56 Å². The fourth-order valence-electron chi connectivity index (χ4n) is 1.91. The van der Waals surface area contributed by atoms with E-state index < -0.39 is 24.6 Å². The van der Waals surface area contributed by atoms with Gasteiger partial charge in [0.15, 0.2) is 6.61 Å². The molecule has 27 heavy (non-hydrogen) atoms. The number of carbonyl (C=O) groups excluding carboxylic acids is 2. The van der Waals surface area contributed by atoms with Crippen LogP contribution in [0.5, 0.6) is 5.88 Å². The normalized spacial score (nSPS) is 11.0. The van der Waals surface area contributed by atoms with E-state index in [2.05, 4.69) is 25.1 Å². The average Bonchev–Trinajstić information content (AvgIpc) is 2.65. The van der Waals surface area contributed by atoms with Crippen LogP contribution in [0.25, 0.3) is 0 Å². The van der Waals surface area contributed by atoms with E-state index in [1.165, 1.54) is 36.9 Å². The van der Waals surface area contributed by atoms with E-state index >= 15 is 0 Å². The largest absolute Gasteiger partial charge is 0.468 e. The number of hydrogen-bond acceptors (Lipinski definition) is 6. The molecule has 0 spiro atoms. The number of nitrogens with one attached hydrogen (secondary N) is 1. The quantitative estimate of drug-likeness (QED) is 0.766. The topological polar surface area (TPSA) is 97.3 Å². The number of halogens is 3. The number of aromatic nitrogens is 3. The SMILES string of the molecule is CCC(=O)NN(Cc1ccnc(OCC(F)(F)F)c1)C(=O)c1cnccn1. The van der Waals surface area contributed by atoms with E-state index in [1.54, 1.807) is 6.92 Å². The molecule has 2 amide bonds. The Labute approximate surface area is 152 Å². The summed E-state index contributed by atoms with van der Waals surface area (Å²) in [5.74, 6) is -1.30. The third-order valence-electron chi connectivity index (χ3n) is 3.13. The third-order valence-corrected chi connectivity index (χ3v) is 3.13. The van der Waals surface area contributed by atoms with Gasteiger partial charge in [-0.15, -0.1) is 0 Å². The Balaban J connectivity index is 2.17. The van der Waals surface area contributed by atoms with E-state index in [1.807, 2.05) is 0 Å². The fourth-order valence-corrected chi connectivity index (χ4v) is 1.91. The molecule has 0 atom stereocenters. The van der Waals surface area contributed by atoms with Gasteiger partial charge in [0.1, 0.15) is 5.69 Å². The maximum absolute atomic E-state index is 12.6. The van der Waals surface area contributed by atoms with Crippen molar-refractivity contribution in [1.29, 1.82) is 0 Å². The first-order valence-corrected chi connectivity index (χ1v) is 7.80. The van der Waals surface area contributed by atoms with Crippen LogP contribution in [0, 0.1) is 0 Å². The van der Waals surface area contributed by atoms with Crippen LogP contribution in [0.3, 0.4) is 0 Å². The minimum absolute atomic E-state index is 0.00324. The van der Waals surface area contributed by atoms with Gasteiger partial charge in [0, 0.05) is 31.1 Å². The van der Waals surface area contributed by atoms with Crippen LogP contribution in [-0.4, -0.2) is 44.6 Å². The van der Waals surface area contributed by atoms with Crippen LogP contribution < -0.4 is 10.2 Å². The molecule has 0 aliphatic carbocycles. The number of nitrogens with zero attached hydrogens (tertiary/aromatic N) is 4. The van der Waals surface area contributed by atoms with Gasteiger partial charge in [-0.1, -0.05) is 6.92 Å². The van der Waals surface area contributed by atoms with Crippen molar-refractivity contribution < 1.29 is 27.5 Å². The van der Waals surface area contributed by atoms with Crippen molar-refractivity contribution >= 4 is 11.8 Å². The summed E-state index contributed by atoms with van der Waals surface area (Å²) in [7, 11) is 0. The number of alkyl halides is 3. The molecule has 2 heterocycles. The molecular weight excluding hydrogens is 367 g/mol. The summed E-state index contributed by atoms with van der Waals surface area (Å²) < 4.78 is 41.4. The van der Waals surface area contributed by atoms with E-state index in [0.717, 1.165) is 5.01 Å². The lowest BCUT2D eigenvalue weighted by Crippen LogP contribution is -2.45. The molecule has 2 aromatic heterocycles. The third kappa shape index (κ3) is 6.53. The van der Waals surface area contributed by atoms with Crippen LogP contribution in [0.2, 0.25) is 0 Å². The molecule has 0 unspecified atom stereocenters. The molecule has 8 nitrogen and oxygen atoms in total. The van der Waals surface area contributed by atoms with Crippen molar-refractivity contribution in [1.82, 2.24) is 25.4 Å². The molecule has 0 fully saturated rings. The molecule has 2 rings (SSSR count). The summed E-state index contributed by atoms with van der Waals surface area (Å²) in [5.41, 5.74) is 2.82. The number of carbonyl (C=O) groups is 2. The highest BCUT2D eigenvalue weighted by atomic mass is 19.4. The minimum Gasteiger partial charge on any atom is -0.468 e. The fraction of sp³-hybridized carbons (Fsp3) is 0.312. The molecule has 144 valence electrons. The number of hydrazine groups is 1. The Morgan fingerprint density at radius 1 is 1.22 bits per heavy atom. The molecule has 0 bridgehead atoms. The summed E-state index contributed by atoms with van der Waals surface area (Å²) in [5, 5.41) is 0.999. The van der Waals surface area contributed by atoms with Gasteiger partial charge >= 0.3 is 6.18 Å². The highest BCUT2D eigenvalue weighted by molar-refractivity contribution is 5.93. The number of pyridine rings is 1. The second-order valence-corrected chi connectivity index (χ2v) is 5.28. The zero-order chi connectivity index (χ0) is 19.9. The first-order valence-electron chi connectivity index (χ1n) is 7.80. The molecule has 11 heteroatoms. The predicted molar refractivity (Wildman–Crippen MR) is 86.1 cm³/mol. The van der Waals surface area contributed by atoms with Gasteiger partial charge in [-0.25, -0.2) is 15.0 Å². The van der Waals surface area contributed by atoms with Crippen LogP contribution in [0.15, 0.2) is 36.9 Å². The lowest BCUT2D eigenvalue weighted by atomic mass is 10.2. The standard InChI is InChI=1S/C16H16F3N5O3/c1-2-13(25)23-24(15(26)12-8-20-5-6-21-12)9-11-3-4-22-14(7-11)27-10-16(17,18)19/h3-8H,2,9-10H2,1H3,(H,23,25). The van der Waals surface area contributed by atoms with Gasteiger partial charge in [-0.3, -0.25) is 20.0 Å². The molecule has 0 aromatic carbocycles. The van der Waals surface area contributed by atoms with Gasteiger partial charge < -0.3 is 4.74 Å². The molecule has 0 aliphatic rings. The second-order valence-electron chi connectivity index (χ2n) is 5.28. The van der Waals surface area contributed by atoms with Gasteiger partial charge in [-0.05, 0) is 11.6 Å². The lowest BCUT2D eigenvalue weighted by molar-refractivity contribution is -0.154. The van der Waals surface area contributed by atoms with E-state index in [-0.39, 0.29) is 24.5 Å². The maximum atomic E-state index is 12.6. The molecule has 0 saturated carbocycles. The van der Waals surface area contributed by atoms with Crippen LogP contribution in [0.4, 0.5) is 13.2 Å². The number of hydrogen-bond donors (Lipinski definition) is 1. The number of rotatable bonds is 6. The zero-order valence-corrected chi connectivity index (χ0v) is 14.2. The van der Waals surface area contributed by atoms with Crippen LogP contribution >= 0.6 is 0 Å². The van der Waals surface area contributed by atoms with E-state index in [4.69, 9.17) is 0 Å². The van der Waals surface area contributed by atoms with E-state index in [9.17, 15) is 22.8 Å². The summed E-state index contributed by atoms with van der Waals surface area (Å²) in [6.45, 7) is -0.0137. The molecule has 0 radical (unpaired) electrons. The van der Waals surface area contributed by atoms with Crippen molar-refractivity contribution in [2.24, 2.45) is 0 Å². The van der Waals surface area contributed by atoms with Crippen molar-refractivity contribution in [3.05, 3.63) is 48.2 Å². The highest BCUT2D eigenvalue weighted by Crippen LogP contribution is 2.18. The summed E-state index contributed by atoms with van der Waals surface area (Å²) in [6, 6.07) is 2.73. The highest BCUT2D eigenvalue weighted by Gasteiger charge is 2.28. The summed E-state index contributed by atoms with van der Waals surface area (Å²) >= 11 is 0. The number of amides is 2. The smallest absolute Gasteiger partial charge is 0.422 e. The molecule has 2 aromatic rings. The Morgan fingerprint density at radius 3 is 2.63 bits per heavy atom. The second kappa shape index (κ2) is 8.92. The van der Waals surface area contributed by atoms with Crippen molar-refractivity contribution in [3.63, 3.8) is 0 Å². The van der Waals surface area contributed by atoms with Crippen LogP contribution in [0.1, 0.15) is 29.4 Å². The maximum Gasteiger partial charge on any atom is 0.422 e. The lowest BCUT2D eigenvalue weighted by Gasteiger charge is -2.23. The first-order chi connectivity index (χ1) is 12.8. The monoisotopic (exact) mass is 383 g/mol. The van der Waals surface area contributed by atoms with Gasteiger partial charge in [0.05, 0.1) is 12.7 Å². The van der Waals surface area contributed by atoms with Gasteiger partial charge in [0.25, 0.3) is 5.91 Å². The summed E-state index contributed by atoms with van der Waals surface area (Å²) in [4.78, 5) is 35.7. The zero-order valence-electron chi connectivity index (χ0n) is 14.2. The van der Waals surface area contributed by atoms with Gasteiger partial charge in [0.2, 0.25) is 11.8 Å². The Kier molecular flexibility index (Phi) is 6.63. The molecule has 0 aliphatic heterocycles. The van der Waals surface area contributed by atoms with Crippen molar-refractivity contribution in [2.75, 3.05) is 6.61 Å². The van der Waals surface area contributed by atoms with Crippen molar-refractivity contribution in [2.45, 2.75) is 26.1 Å². The van der Waals surface area contributed by atoms with Gasteiger partial charge in [-0.2, -0.15) is 13.2 Å². The van der Waals surface area contributed by atoms with Crippen LogP contribution in [-0.2, 0) is 11.3 Å². The first kappa shape index (κ1) is 20.1. The summed E-state index contributed by atoms with van der Waals surface area (Å²) in [6.07, 6.45) is 0.814. The van der Waals surface area contributed by atoms with Crippen molar-refractivity contribution in [3.8, 4) is 5.88 Å². The molecule has 0 saturated heterocycles. The Hall–Kier alpha value is -3.24.